The van der Waals surface area contributed by atoms with E-state index in [0.717, 1.165) is 24.3 Å². The Labute approximate surface area is 113 Å². The van der Waals surface area contributed by atoms with Crippen molar-refractivity contribution in [3.05, 3.63) is 23.8 Å². The van der Waals surface area contributed by atoms with Gasteiger partial charge < -0.3 is 27.6 Å². The van der Waals surface area contributed by atoms with Crippen molar-refractivity contribution < 1.29 is 32.4 Å². The Bertz CT molecular complexity index is 423. The van der Waals surface area contributed by atoms with Crippen LogP contribution >= 0.6 is 0 Å². The molecular formula is C13H18ClNO3. The van der Waals surface area contributed by atoms with Crippen LogP contribution in [0.2, 0.25) is 0 Å². The molecule has 0 aromatic heterocycles. The van der Waals surface area contributed by atoms with E-state index in [1.54, 1.807) is 0 Å². The van der Waals surface area contributed by atoms with Crippen molar-refractivity contribution >= 4 is 11.7 Å². The van der Waals surface area contributed by atoms with Crippen LogP contribution in [0.3, 0.4) is 0 Å². The van der Waals surface area contributed by atoms with E-state index >= 15 is 0 Å². The number of fused-ring (bicyclic) bond motifs is 1. The maximum Gasteiger partial charge on any atom is 0.309 e. The molecule has 0 radical (unpaired) electrons. The molecule has 100 valence electrons. The number of ether oxygens (including phenoxy) is 2. The molecule has 1 aromatic rings. The molecule has 3 N–H and O–H groups in total. The quantitative estimate of drug-likeness (QED) is 0.661. The molecule has 1 heterocycles. The summed E-state index contributed by atoms with van der Waals surface area (Å²) >= 11 is 0. The smallest absolute Gasteiger partial charge is 0.309 e. The third kappa shape index (κ3) is 3.62. The van der Waals surface area contributed by atoms with Crippen molar-refractivity contribution in [2.75, 3.05) is 6.61 Å². The maximum atomic E-state index is 11.4. The van der Waals surface area contributed by atoms with Crippen molar-refractivity contribution in [1.29, 1.82) is 0 Å². The monoisotopic (exact) mass is 271 g/mol. The zero-order valence-corrected chi connectivity index (χ0v) is 11.2. The van der Waals surface area contributed by atoms with E-state index in [0.29, 0.717) is 13.0 Å². The van der Waals surface area contributed by atoms with Crippen LogP contribution in [-0.2, 0) is 16.0 Å². The molecule has 1 atom stereocenters. The molecule has 0 fully saturated rings. The molecule has 1 aliphatic rings. The Hall–Kier alpha value is -1.26. The predicted molar refractivity (Wildman–Crippen MR) is 63.0 cm³/mol. The van der Waals surface area contributed by atoms with Gasteiger partial charge >= 0.3 is 5.97 Å². The fourth-order valence-corrected chi connectivity index (χ4v) is 2.05. The normalized spacial score (nSPS) is 17.1. The first kappa shape index (κ1) is 14.8. The van der Waals surface area contributed by atoms with E-state index in [1.807, 2.05) is 25.1 Å². The second kappa shape index (κ2) is 6.61. The number of hydrogen-bond donors (Lipinski definition) is 1. The van der Waals surface area contributed by atoms with Crippen LogP contribution in [0.4, 0.5) is 5.69 Å². The molecule has 0 amide bonds. The van der Waals surface area contributed by atoms with Gasteiger partial charge in [-0.2, -0.15) is 0 Å². The fraction of sp³-hybridized carbons (Fsp3) is 0.462. The van der Waals surface area contributed by atoms with Gasteiger partial charge in [0.1, 0.15) is 17.5 Å². The third-order valence-corrected chi connectivity index (χ3v) is 2.85. The molecule has 0 bridgehead atoms. The van der Waals surface area contributed by atoms with E-state index in [-0.39, 0.29) is 24.5 Å². The number of quaternary nitrogens is 1. The number of carbonyl (C=O) groups is 1. The van der Waals surface area contributed by atoms with Crippen molar-refractivity contribution in [1.82, 2.24) is 0 Å². The minimum atomic E-state index is -0.185. The van der Waals surface area contributed by atoms with Gasteiger partial charge in [0.2, 0.25) is 0 Å². The summed E-state index contributed by atoms with van der Waals surface area (Å²) in [4.78, 5) is 11.4. The number of esters is 1. The Morgan fingerprint density at radius 2 is 2.33 bits per heavy atom. The third-order valence-electron chi connectivity index (χ3n) is 2.85. The van der Waals surface area contributed by atoms with Crippen molar-refractivity contribution in [3.8, 4) is 5.75 Å². The average molecular weight is 272 g/mol. The molecule has 2 rings (SSSR count). The average Bonchev–Trinajstić information content (AvgIpc) is 2.29. The molecule has 0 saturated heterocycles. The van der Waals surface area contributed by atoms with Gasteiger partial charge in [-0.25, -0.2) is 0 Å². The summed E-state index contributed by atoms with van der Waals surface area (Å²) in [6, 6.07) is 5.89. The summed E-state index contributed by atoms with van der Waals surface area (Å²) in [7, 11) is 0. The van der Waals surface area contributed by atoms with Crippen LogP contribution in [-0.4, -0.2) is 18.7 Å². The standard InChI is InChI=1S/C13H17NO3.ClH/c1-2-16-13(15)8-11-5-3-9-7-10(14)4-6-12(9)17-11;/h4,6-7,11H,2-3,5,8,14H2,1H3;1H/t11-;/m0./s1. The molecule has 1 aromatic carbocycles. The molecule has 5 heteroatoms. The van der Waals surface area contributed by atoms with Gasteiger partial charge in [0.25, 0.3) is 0 Å². The van der Waals surface area contributed by atoms with Gasteiger partial charge in [-0.3, -0.25) is 4.79 Å². The number of halogens is 1. The lowest BCUT2D eigenvalue weighted by molar-refractivity contribution is -0.254. The van der Waals surface area contributed by atoms with Crippen LogP contribution in [0.1, 0.15) is 25.3 Å². The highest BCUT2D eigenvalue weighted by atomic mass is 35.5. The Balaban J connectivity index is 0.00000162. The highest BCUT2D eigenvalue weighted by Crippen LogP contribution is 2.29. The van der Waals surface area contributed by atoms with Crippen LogP contribution < -0.4 is 22.9 Å². The number of rotatable bonds is 3. The van der Waals surface area contributed by atoms with Gasteiger partial charge in [0.05, 0.1) is 13.0 Å². The number of benzene rings is 1. The Kier molecular flexibility index (Phi) is 5.44. The maximum absolute atomic E-state index is 11.4. The van der Waals surface area contributed by atoms with E-state index in [1.165, 1.54) is 5.56 Å². The second-order valence-corrected chi connectivity index (χ2v) is 4.23. The first-order chi connectivity index (χ1) is 8.19. The van der Waals surface area contributed by atoms with Gasteiger partial charge in [0, 0.05) is 17.7 Å². The lowest BCUT2D eigenvalue weighted by atomic mass is 10.00. The summed E-state index contributed by atoms with van der Waals surface area (Å²) in [6.45, 7) is 2.23. The second-order valence-electron chi connectivity index (χ2n) is 4.23. The van der Waals surface area contributed by atoms with Gasteiger partial charge in [-0.1, -0.05) is 0 Å². The SMILES string of the molecule is CCOC(=O)C[C@@H]1CCc2cc([NH3+])ccc2O1.[Cl-]. The molecule has 4 nitrogen and oxygen atoms in total. The summed E-state index contributed by atoms with van der Waals surface area (Å²) in [5.74, 6) is 0.688. The van der Waals surface area contributed by atoms with E-state index in [9.17, 15) is 4.79 Å². The van der Waals surface area contributed by atoms with Gasteiger partial charge in [0.15, 0.2) is 0 Å². The van der Waals surface area contributed by atoms with E-state index < -0.39 is 0 Å². The van der Waals surface area contributed by atoms with Crippen molar-refractivity contribution in [2.45, 2.75) is 32.3 Å². The highest BCUT2D eigenvalue weighted by molar-refractivity contribution is 5.70. The largest absolute Gasteiger partial charge is 1.00 e. The minimum absolute atomic E-state index is 0. The van der Waals surface area contributed by atoms with Crippen molar-refractivity contribution in [2.24, 2.45) is 0 Å². The lowest BCUT2D eigenvalue weighted by Gasteiger charge is -2.25. The Morgan fingerprint density at radius 1 is 1.56 bits per heavy atom. The number of hydrogen-bond acceptors (Lipinski definition) is 3. The van der Waals surface area contributed by atoms with Crippen LogP contribution in [0.5, 0.6) is 5.75 Å². The first-order valence-electron chi connectivity index (χ1n) is 5.96. The fourth-order valence-electron chi connectivity index (χ4n) is 2.05. The molecule has 0 unspecified atom stereocenters. The van der Waals surface area contributed by atoms with Crippen LogP contribution in [0.15, 0.2) is 18.2 Å². The highest BCUT2D eigenvalue weighted by Gasteiger charge is 2.23. The molecule has 18 heavy (non-hydrogen) atoms. The molecule has 0 spiro atoms. The molecular weight excluding hydrogens is 254 g/mol. The van der Waals surface area contributed by atoms with Crippen LogP contribution in [0.25, 0.3) is 0 Å². The first-order valence-corrected chi connectivity index (χ1v) is 5.96. The Morgan fingerprint density at radius 3 is 3.06 bits per heavy atom. The van der Waals surface area contributed by atoms with Crippen LogP contribution in [0, 0.1) is 0 Å². The van der Waals surface area contributed by atoms with Gasteiger partial charge in [-0.15, -0.1) is 0 Å². The lowest BCUT2D eigenvalue weighted by Crippen LogP contribution is -3.00. The minimum Gasteiger partial charge on any atom is -1.00 e. The molecule has 0 aliphatic carbocycles. The van der Waals surface area contributed by atoms with E-state index in [2.05, 4.69) is 5.73 Å². The summed E-state index contributed by atoms with van der Waals surface area (Å²) in [6.07, 6.45) is 2.06. The van der Waals surface area contributed by atoms with Gasteiger partial charge in [-0.05, 0) is 25.8 Å². The predicted octanol–water partition coefficient (Wildman–Crippen LogP) is -1.79. The zero-order valence-electron chi connectivity index (χ0n) is 10.4. The summed E-state index contributed by atoms with van der Waals surface area (Å²) in [5, 5.41) is 0. The molecule has 0 saturated carbocycles. The summed E-state index contributed by atoms with van der Waals surface area (Å²) in [5.41, 5.74) is 6.07. The molecule has 1 aliphatic heterocycles. The number of carbonyl (C=O) groups excluding carboxylic acids is 1. The topological polar surface area (TPSA) is 63.2 Å². The number of aryl methyl sites for hydroxylation is 1. The summed E-state index contributed by atoms with van der Waals surface area (Å²) < 4.78 is 10.7. The zero-order chi connectivity index (χ0) is 12.3. The van der Waals surface area contributed by atoms with Crippen molar-refractivity contribution in [3.63, 3.8) is 0 Å². The van der Waals surface area contributed by atoms with E-state index in [4.69, 9.17) is 9.47 Å².